The Morgan fingerprint density at radius 1 is 1.23 bits per heavy atom. The van der Waals surface area contributed by atoms with Crippen LogP contribution in [0.15, 0.2) is 42.0 Å². The van der Waals surface area contributed by atoms with Crippen LogP contribution in [0.25, 0.3) is 4.48 Å². The molecule has 4 nitrogen and oxygen atoms in total. The molecule has 1 aliphatic rings. The molecule has 0 unspecified atom stereocenters. The average molecular weight is 422 g/mol. The lowest BCUT2D eigenvalue weighted by Crippen LogP contribution is -2.30. The van der Waals surface area contributed by atoms with Crippen molar-refractivity contribution >= 4 is 38.0 Å². The molecule has 2 aromatic carbocycles. The number of anilines is 1. The van der Waals surface area contributed by atoms with Crippen LogP contribution in [-0.2, 0) is 16.1 Å². The highest BCUT2D eigenvalue weighted by atomic mass is 79.9. The maximum Gasteiger partial charge on any atom is 0.333 e. The fourth-order valence-corrected chi connectivity index (χ4v) is 3.53. The number of hydrogen-bond donors (Lipinski definition) is 1. The minimum Gasteiger partial charge on any atom is -0.478 e. The molecule has 0 aliphatic carbocycles. The Morgan fingerprint density at radius 3 is 2.62 bits per heavy atom. The number of carbonyl (C=O) groups excluding carboxylic acids is 1. The second-order valence-corrected chi connectivity index (χ2v) is 6.76. The van der Waals surface area contributed by atoms with E-state index in [4.69, 9.17) is 0 Å². The van der Waals surface area contributed by atoms with Crippen molar-refractivity contribution in [1.29, 1.82) is 0 Å². The zero-order valence-electron chi connectivity index (χ0n) is 13.7. The first-order chi connectivity index (χ1) is 12.3. The zero-order chi connectivity index (χ0) is 19.0. The average Bonchev–Trinajstić information content (AvgIpc) is 2.69. The first-order valence-corrected chi connectivity index (χ1v) is 8.55. The van der Waals surface area contributed by atoms with Crippen molar-refractivity contribution in [3.05, 3.63) is 70.3 Å². The SMILES string of the molecule is Cc1ccc(CN2C(=O)CC(C(=O)O)=C(Br)c3c(F)cccc32)cc1F. The molecule has 0 bridgehead atoms. The molecule has 0 aromatic heterocycles. The number of carboxylic acid groups (broad SMARTS) is 1. The summed E-state index contributed by atoms with van der Waals surface area (Å²) in [6.07, 6.45) is -0.404. The summed E-state index contributed by atoms with van der Waals surface area (Å²) in [5.74, 6) is -2.87. The Kier molecular flexibility index (Phi) is 4.91. The predicted octanol–water partition coefficient (Wildman–Crippen LogP) is 4.40. The van der Waals surface area contributed by atoms with E-state index < -0.39 is 29.9 Å². The molecule has 0 radical (unpaired) electrons. The molecule has 0 saturated heterocycles. The molecule has 0 fully saturated rings. The van der Waals surface area contributed by atoms with Gasteiger partial charge in [0.05, 0.1) is 24.2 Å². The minimum atomic E-state index is -1.30. The van der Waals surface area contributed by atoms with Crippen LogP contribution in [0.4, 0.5) is 14.5 Å². The highest BCUT2D eigenvalue weighted by Gasteiger charge is 2.31. The number of benzene rings is 2. The molecular weight excluding hydrogens is 408 g/mol. The van der Waals surface area contributed by atoms with Gasteiger partial charge in [0.15, 0.2) is 0 Å². The number of rotatable bonds is 3. The van der Waals surface area contributed by atoms with Crippen LogP contribution in [-0.4, -0.2) is 17.0 Å². The maximum absolute atomic E-state index is 14.4. The number of fused-ring (bicyclic) bond motifs is 1. The maximum atomic E-state index is 14.4. The van der Waals surface area contributed by atoms with Crippen LogP contribution in [0.1, 0.15) is 23.1 Å². The van der Waals surface area contributed by atoms with Crippen molar-refractivity contribution < 1.29 is 23.5 Å². The smallest absolute Gasteiger partial charge is 0.333 e. The molecule has 1 amide bonds. The van der Waals surface area contributed by atoms with Gasteiger partial charge in [0.1, 0.15) is 11.6 Å². The number of aryl methyl sites for hydroxylation is 1. The van der Waals surface area contributed by atoms with Crippen molar-refractivity contribution in [2.45, 2.75) is 19.9 Å². The van der Waals surface area contributed by atoms with Gasteiger partial charge in [-0.3, -0.25) is 4.79 Å². The van der Waals surface area contributed by atoms with E-state index in [2.05, 4.69) is 15.9 Å². The van der Waals surface area contributed by atoms with E-state index in [1.54, 1.807) is 19.1 Å². The van der Waals surface area contributed by atoms with E-state index in [-0.39, 0.29) is 27.9 Å². The molecule has 134 valence electrons. The van der Waals surface area contributed by atoms with Crippen molar-refractivity contribution in [1.82, 2.24) is 0 Å². The number of amides is 1. The van der Waals surface area contributed by atoms with Crippen molar-refractivity contribution in [3.8, 4) is 0 Å². The van der Waals surface area contributed by atoms with Gasteiger partial charge in [-0.15, -0.1) is 0 Å². The van der Waals surface area contributed by atoms with Gasteiger partial charge >= 0.3 is 5.97 Å². The highest BCUT2D eigenvalue weighted by Crippen LogP contribution is 2.40. The first kappa shape index (κ1) is 18.3. The molecule has 0 atom stereocenters. The Bertz CT molecular complexity index is 956. The van der Waals surface area contributed by atoms with Gasteiger partial charge in [-0.05, 0) is 52.2 Å². The third-order valence-corrected chi connectivity index (χ3v) is 5.11. The molecule has 7 heteroatoms. The summed E-state index contributed by atoms with van der Waals surface area (Å²) in [5.41, 5.74) is 1.01. The molecule has 0 spiro atoms. The monoisotopic (exact) mass is 421 g/mol. The standard InChI is InChI=1S/C19H14BrF2NO3/c1-10-5-6-11(7-14(10)22)9-23-15-4-2-3-13(21)17(15)18(20)12(19(25)26)8-16(23)24/h2-7H,8-9H2,1H3,(H,25,26). The first-order valence-electron chi connectivity index (χ1n) is 7.75. The number of aliphatic carboxylic acids is 1. The molecule has 1 heterocycles. The van der Waals surface area contributed by atoms with Gasteiger partial charge in [0, 0.05) is 10.0 Å². The largest absolute Gasteiger partial charge is 0.478 e. The van der Waals surface area contributed by atoms with Crippen molar-refractivity contribution in [3.63, 3.8) is 0 Å². The van der Waals surface area contributed by atoms with Crippen LogP contribution in [0.3, 0.4) is 0 Å². The molecule has 0 saturated carbocycles. The topological polar surface area (TPSA) is 57.6 Å². The molecule has 1 N–H and O–H groups in total. The van der Waals surface area contributed by atoms with Crippen molar-refractivity contribution in [2.24, 2.45) is 0 Å². The van der Waals surface area contributed by atoms with Gasteiger partial charge in [0.25, 0.3) is 0 Å². The van der Waals surface area contributed by atoms with Gasteiger partial charge in [-0.2, -0.15) is 0 Å². The molecule has 26 heavy (non-hydrogen) atoms. The van der Waals surface area contributed by atoms with Gasteiger partial charge in [-0.25, -0.2) is 13.6 Å². The molecular formula is C19H14BrF2NO3. The quantitative estimate of drug-likeness (QED) is 0.798. The predicted molar refractivity (Wildman–Crippen MR) is 96.8 cm³/mol. The van der Waals surface area contributed by atoms with Crippen LogP contribution < -0.4 is 4.90 Å². The highest BCUT2D eigenvalue weighted by molar-refractivity contribution is 9.15. The molecule has 1 aliphatic heterocycles. The Labute approximate surface area is 156 Å². The summed E-state index contributed by atoms with van der Waals surface area (Å²) in [5, 5.41) is 9.38. The number of nitrogens with zero attached hydrogens (tertiary/aromatic N) is 1. The Hall–Kier alpha value is -2.54. The second kappa shape index (κ2) is 6.99. The second-order valence-electron chi connectivity index (χ2n) is 5.97. The summed E-state index contributed by atoms with van der Waals surface area (Å²) in [6.45, 7) is 1.63. The van der Waals surface area contributed by atoms with E-state index in [0.29, 0.717) is 11.1 Å². The summed E-state index contributed by atoms with van der Waals surface area (Å²) < 4.78 is 28.3. The van der Waals surface area contributed by atoms with E-state index in [9.17, 15) is 23.5 Å². The lowest BCUT2D eigenvalue weighted by Gasteiger charge is -2.23. The Morgan fingerprint density at radius 2 is 1.96 bits per heavy atom. The van der Waals surface area contributed by atoms with Crippen LogP contribution >= 0.6 is 15.9 Å². The van der Waals surface area contributed by atoms with Crippen LogP contribution in [0.2, 0.25) is 0 Å². The molecule has 3 rings (SSSR count). The zero-order valence-corrected chi connectivity index (χ0v) is 15.3. The van der Waals surface area contributed by atoms with Crippen molar-refractivity contribution in [2.75, 3.05) is 4.90 Å². The number of carboxylic acids is 1. The summed E-state index contributed by atoms with van der Waals surface area (Å²) in [6, 6.07) is 8.75. The molecule has 2 aromatic rings. The normalized spacial score (nSPS) is 14.3. The third-order valence-electron chi connectivity index (χ3n) is 4.23. The van der Waals surface area contributed by atoms with Gasteiger partial charge < -0.3 is 10.0 Å². The third kappa shape index (κ3) is 3.26. The Balaban J connectivity index is 2.12. The van der Waals surface area contributed by atoms with E-state index in [1.165, 1.54) is 29.2 Å². The van der Waals surface area contributed by atoms with E-state index >= 15 is 0 Å². The number of halogens is 3. The lowest BCUT2D eigenvalue weighted by atomic mass is 10.1. The van der Waals surface area contributed by atoms with Gasteiger partial charge in [-0.1, -0.05) is 18.2 Å². The number of hydrogen-bond acceptors (Lipinski definition) is 2. The lowest BCUT2D eigenvalue weighted by molar-refractivity contribution is -0.133. The van der Waals surface area contributed by atoms with Gasteiger partial charge in [0.2, 0.25) is 5.91 Å². The van der Waals surface area contributed by atoms with E-state index in [1.807, 2.05) is 0 Å². The number of carbonyl (C=O) groups is 2. The van der Waals surface area contributed by atoms with Crippen LogP contribution in [0, 0.1) is 18.6 Å². The van der Waals surface area contributed by atoms with E-state index in [0.717, 1.165) is 0 Å². The fraction of sp³-hybridized carbons (Fsp3) is 0.158. The minimum absolute atomic E-state index is 0.000332. The fourth-order valence-electron chi connectivity index (χ4n) is 2.82. The summed E-state index contributed by atoms with van der Waals surface area (Å²) >= 11 is 3.14. The summed E-state index contributed by atoms with van der Waals surface area (Å²) in [4.78, 5) is 25.5. The van der Waals surface area contributed by atoms with Crippen LogP contribution in [0.5, 0.6) is 0 Å². The summed E-state index contributed by atoms with van der Waals surface area (Å²) in [7, 11) is 0.